The molecule has 0 atom stereocenters. The van der Waals surface area contributed by atoms with Gasteiger partial charge in [-0.2, -0.15) is 0 Å². The van der Waals surface area contributed by atoms with E-state index in [9.17, 15) is 9.59 Å². The summed E-state index contributed by atoms with van der Waals surface area (Å²) in [6, 6.07) is 0. The molecule has 0 heterocycles. The molecule has 0 aromatic rings. The van der Waals surface area contributed by atoms with Gasteiger partial charge in [-0.1, -0.05) is 6.08 Å². The van der Waals surface area contributed by atoms with Crippen LogP contribution < -0.4 is 0 Å². The van der Waals surface area contributed by atoms with Gasteiger partial charge in [0, 0.05) is 26.2 Å². The molecule has 0 saturated carbocycles. The molecule has 0 aromatic carbocycles. The number of aliphatic carboxylic acids is 1. The highest BCUT2D eigenvalue weighted by Gasteiger charge is 2.14. The minimum atomic E-state index is -1.01. The number of hydrogen-bond donors (Lipinski definition) is 1. The summed E-state index contributed by atoms with van der Waals surface area (Å²) < 4.78 is 5.10. The van der Waals surface area contributed by atoms with E-state index in [1.807, 2.05) is 6.92 Å². The van der Waals surface area contributed by atoms with Gasteiger partial charge in [-0.15, -0.1) is 6.58 Å². The second kappa shape index (κ2) is 8.91. The van der Waals surface area contributed by atoms with Crippen LogP contribution in [0.1, 0.15) is 19.8 Å². The summed E-state index contributed by atoms with van der Waals surface area (Å²) in [7, 11) is 0. The maximum atomic E-state index is 11.6. The molecular formula is C11H19NO4. The molecule has 0 aliphatic carbocycles. The summed E-state index contributed by atoms with van der Waals surface area (Å²) in [6.07, 6.45) is 2.43. The standard InChI is InChI=1S/C11H19NO4/c1-3-7-12(9-11(14)15)10(13)6-5-8-16-4-2/h3H,1,4-9H2,2H3,(H,14,15). The molecule has 16 heavy (non-hydrogen) atoms. The van der Waals surface area contributed by atoms with Gasteiger partial charge in [0.2, 0.25) is 5.91 Å². The van der Waals surface area contributed by atoms with Crippen LogP contribution in [0.15, 0.2) is 12.7 Å². The highest BCUT2D eigenvalue weighted by atomic mass is 16.5. The van der Waals surface area contributed by atoms with Crippen molar-refractivity contribution in [3.05, 3.63) is 12.7 Å². The predicted octanol–water partition coefficient (Wildman–Crippen LogP) is 0.902. The highest BCUT2D eigenvalue weighted by molar-refractivity contribution is 5.81. The topological polar surface area (TPSA) is 66.8 Å². The van der Waals surface area contributed by atoms with Crippen LogP contribution in [0.5, 0.6) is 0 Å². The lowest BCUT2D eigenvalue weighted by Crippen LogP contribution is -2.35. The Balaban J connectivity index is 3.96. The van der Waals surface area contributed by atoms with Gasteiger partial charge >= 0.3 is 5.97 Å². The summed E-state index contributed by atoms with van der Waals surface area (Å²) in [5.41, 5.74) is 0. The fraction of sp³-hybridized carbons (Fsp3) is 0.636. The first kappa shape index (κ1) is 14.6. The Hall–Kier alpha value is -1.36. The zero-order chi connectivity index (χ0) is 12.4. The zero-order valence-electron chi connectivity index (χ0n) is 9.65. The number of rotatable bonds is 9. The predicted molar refractivity (Wildman–Crippen MR) is 60.1 cm³/mol. The van der Waals surface area contributed by atoms with Crippen LogP contribution in [0.2, 0.25) is 0 Å². The van der Waals surface area contributed by atoms with Crippen LogP contribution >= 0.6 is 0 Å². The molecule has 0 aromatic heterocycles. The van der Waals surface area contributed by atoms with Gasteiger partial charge in [-0.05, 0) is 13.3 Å². The van der Waals surface area contributed by atoms with Crippen molar-refractivity contribution in [1.82, 2.24) is 4.90 Å². The van der Waals surface area contributed by atoms with Gasteiger partial charge < -0.3 is 14.7 Å². The molecule has 0 spiro atoms. The van der Waals surface area contributed by atoms with E-state index in [-0.39, 0.29) is 19.0 Å². The molecule has 1 N–H and O–H groups in total. The van der Waals surface area contributed by atoms with E-state index in [0.29, 0.717) is 26.1 Å². The summed E-state index contributed by atoms with van der Waals surface area (Å²) >= 11 is 0. The van der Waals surface area contributed by atoms with Crippen LogP contribution in [0.25, 0.3) is 0 Å². The van der Waals surface area contributed by atoms with E-state index in [1.165, 1.54) is 11.0 Å². The van der Waals surface area contributed by atoms with Crippen molar-refractivity contribution < 1.29 is 19.4 Å². The van der Waals surface area contributed by atoms with Crippen LogP contribution in [-0.4, -0.2) is 48.2 Å². The van der Waals surface area contributed by atoms with Gasteiger partial charge in [0.15, 0.2) is 0 Å². The van der Waals surface area contributed by atoms with Crippen LogP contribution in [0.3, 0.4) is 0 Å². The van der Waals surface area contributed by atoms with Crippen LogP contribution in [-0.2, 0) is 14.3 Å². The number of carboxylic acids is 1. The average Bonchev–Trinajstić information content (AvgIpc) is 2.23. The monoisotopic (exact) mass is 229 g/mol. The number of hydrogen-bond acceptors (Lipinski definition) is 3. The number of carbonyl (C=O) groups excluding carboxylic acids is 1. The van der Waals surface area contributed by atoms with E-state index in [0.717, 1.165) is 0 Å². The average molecular weight is 229 g/mol. The smallest absolute Gasteiger partial charge is 0.323 e. The van der Waals surface area contributed by atoms with Crippen molar-refractivity contribution in [3.8, 4) is 0 Å². The Bertz CT molecular complexity index is 240. The zero-order valence-corrected chi connectivity index (χ0v) is 9.65. The Morgan fingerprint density at radius 2 is 2.19 bits per heavy atom. The van der Waals surface area contributed by atoms with E-state index in [4.69, 9.17) is 9.84 Å². The molecule has 0 radical (unpaired) electrons. The Kier molecular flexibility index (Phi) is 8.15. The molecule has 0 aliphatic heterocycles. The number of amides is 1. The second-order valence-corrected chi connectivity index (χ2v) is 3.26. The molecule has 92 valence electrons. The lowest BCUT2D eigenvalue weighted by atomic mass is 10.3. The fourth-order valence-corrected chi connectivity index (χ4v) is 1.20. The van der Waals surface area contributed by atoms with E-state index >= 15 is 0 Å². The first-order valence-electron chi connectivity index (χ1n) is 5.30. The second-order valence-electron chi connectivity index (χ2n) is 3.26. The lowest BCUT2D eigenvalue weighted by Gasteiger charge is -2.18. The van der Waals surface area contributed by atoms with Crippen LogP contribution in [0.4, 0.5) is 0 Å². The van der Waals surface area contributed by atoms with Crippen LogP contribution in [0, 0.1) is 0 Å². The lowest BCUT2D eigenvalue weighted by molar-refractivity contribution is -0.144. The molecule has 0 rings (SSSR count). The first-order chi connectivity index (χ1) is 7.61. The van der Waals surface area contributed by atoms with Gasteiger partial charge in [0.25, 0.3) is 0 Å². The SMILES string of the molecule is C=CCN(CC(=O)O)C(=O)CCCOCC. The van der Waals surface area contributed by atoms with Gasteiger partial charge in [-0.25, -0.2) is 0 Å². The Labute approximate surface area is 95.7 Å². The Morgan fingerprint density at radius 3 is 2.69 bits per heavy atom. The number of nitrogens with zero attached hydrogens (tertiary/aromatic N) is 1. The minimum Gasteiger partial charge on any atom is -0.480 e. The van der Waals surface area contributed by atoms with Crippen molar-refractivity contribution >= 4 is 11.9 Å². The molecule has 5 nitrogen and oxygen atoms in total. The van der Waals surface area contributed by atoms with Crippen molar-refractivity contribution in [2.24, 2.45) is 0 Å². The number of carboxylic acid groups (broad SMARTS) is 1. The summed E-state index contributed by atoms with van der Waals surface area (Å²) in [6.45, 7) is 6.51. The summed E-state index contributed by atoms with van der Waals surface area (Å²) in [5.74, 6) is -1.19. The molecule has 5 heteroatoms. The molecule has 0 bridgehead atoms. The molecule has 0 saturated heterocycles. The number of carbonyl (C=O) groups is 2. The molecule has 0 fully saturated rings. The van der Waals surface area contributed by atoms with E-state index in [1.54, 1.807) is 0 Å². The van der Waals surface area contributed by atoms with Gasteiger partial charge in [0.05, 0.1) is 0 Å². The Morgan fingerprint density at radius 1 is 1.50 bits per heavy atom. The third kappa shape index (κ3) is 7.00. The number of ether oxygens (including phenoxy) is 1. The maximum Gasteiger partial charge on any atom is 0.323 e. The fourth-order valence-electron chi connectivity index (χ4n) is 1.20. The van der Waals surface area contributed by atoms with Crippen molar-refractivity contribution in [3.63, 3.8) is 0 Å². The highest BCUT2D eigenvalue weighted by Crippen LogP contribution is 1.99. The van der Waals surface area contributed by atoms with Crippen molar-refractivity contribution in [1.29, 1.82) is 0 Å². The summed E-state index contributed by atoms with van der Waals surface area (Å²) in [4.78, 5) is 23.4. The first-order valence-corrected chi connectivity index (χ1v) is 5.30. The van der Waals surface area contributed by atoms with Crippen molar-refractivity contribution in [2.45, 2.75) is 19.8 Å². The minimum absolute atomic E-state index is 0.179. The molecular weight excluding hydrogens is 210 g/mol. The maximum absolute atomic E-state index is 11.6. The largest absolute Gasteiger partial charge is 0.480 e. The van der Waals surface area contributed by atoms with E-state index < -0.39 is 5.97 Å². The van der Waals surface area contributed by atoms with Gasteiger partial charge in [0.1, 0.15) is 6.54 Å². The van der Waals surface area contributed by atoms with Crippen molar-refractivity contribution in [2.75, 3.05) is 26.3 Å². The van der Waals surface area contributed by atoms with E-state index in [2.05, 4.69) is 6.58 Å². The third-order valence-corrected chi connectivity index (χ3v) is 1.91. The third-order valence-electron chi connectivity index (χ3n) is 1.91. The van der Waals surface area contributed by atoms with Gasteiger partial charge in [-0.3, -0.25) is 9.59 Å². The normalized spacial score (nSPS) is 9.81. The molecule has 0 unspecified atom stereocenters. The molecule has 0 aliphatic rings. The summed E-state index contributed by atoms with van der Waals surface area (Å²) in [5, 5.41) is 8.62. The molecule has 1 amide bonds. The quantitative estimate of drug-likeness (QED) is 0.471.